The molecule has 1 aliphatic heterocycles. The van der Waals surface area contributed by atoms with Crippen LogP contribution in [0.4, 0.5) is 0 Å². The molecule has 1 aliphatic rings. The summed E-state index contributed by atoms with van der Waals surface area (Å²) < 4.78 is 7.50. The quantitative estimate of drug-likeness (QED) is 0.880. The standard InChI is InChI=1S/C14H16N2O2/c17-13-6-7-18-14(8-13)11-9-15-16(10-11)12-4-2-1-3-5-12/h1-5,9-10,13-14,17H,6-8H2. The second-order valence-electron chi connectivity index (χ2n) is 4.59. The number of para-hydroxylation sites is 1. The van der Waals surface area contributed by atoms with Gasteiger partial charge in [-0.2, -0.15) is 5.10 Å². The molecule has 4 nitrogen and oxygen atoms in total. The summed E-state index contributed by atoms with van der Waals surface area (Å²) in [6.45, 7) is 0.613. The molecular weight excluding hydrogens is 228 g/mol. The molecular formula is C14H16N2O2. The molecule has 1 aromatic heterocycles. The summed E-state index contributed by atoms with van der Waals surface area (Å²) >= 11 is 0. The summed E-state index contributed by atoms with van der Waals surface area (Å²) in [7, 11) is 0. The average Bonchev–Trinajstić information content (AvgIpc) is 2.89. The molecule has 2 unspecified atom stereocenters. The highest BCUT2D eigenvalue weighted by atomic mass is 16.5. The lowest BCUT2D eigenvalue weighted by Crippen LogP contribution is -2.23. The van der Waals surface area contributed by atoms with Gasteiger partial charge in [0.25, 0.3) is 0 Å². The highest BCUT2D eigenvalue weighted by Gasteiger charge is 2.23. The van der Waals surface area contributed by atoms with Crippen LogP contribution >= 0.6 is 0 Å². The summed E-state index contributed by atoms with van der Waals surface area (Å²) in [5.74, 6) is 0. The highest BCUT2D eigenvalue weighted by molar-refractivity contribution is 5.31. The Morgan fingerprint density at radius 3 is 2.89 bits per heavy atom. The van der Waals surface area contributed by atoms with Crippen molar-refractivity contribution in [3.05, 3.63) is 48.3 Å². The van der Waals surface area contributed by atoms with Crippen LogP contribution in [0.25, 0.3) is 5.69 Å². The van der Waals surface area contributed by atoms with E-state index < -0.39 is 0 Å². The van der Waals surface area contributed by atoms with Gasteiger partial charge < -0.3 is 9.84 Å². The van der Waals surface area contributed by atoms with Gasteiger partial charge in [0.05, 0.1) is 24.1 Å². The number of aromatic nitrogens is 2. The van der Waals surface area contributed by atoms with Crippen LogP contribution in [0.5, 0.6) is 0 Å². The van der Waals surface area contributed by atoms with Crippen molar-refractivity contribution in [1.82, 2.24) is 9.78 Å². The van der Waals surface area contributed by atoms with E-state index in [0.717, 1.165) is 17.7 Å². The second-order valence-corrected chi connectivity index (χ2v) is 4.59. The van der Waals surface area contributed by atoms with Crippen LogP contribution in [-0.4, -0.2) is 27.6 Å². The van der Waals surface area contributed by atoms with Gasteiger partial charge in [0, 0.05) is 24.8 Å². The first-order valence-corrected chi connectivity index (χ1v) is 6.22. The van der Waals surface area contributed by atoms with Crippen LogP contribution < -0.4 is 0 Å². The van der Waals surface area contributed by atoms with Crippen molar-refractivity contribution in [2.24, 2.45) is 0 Å². The van der Waals surface area contributed by atoms with E-state index in [-0.39, 0.29) is 12.2 Å². The summed E-state index contributed by atoms with van der Waals surface area (Å²) in [5, 5.41) is 14.0. The number of aliphatic hydroxyl groups excluding tert-OH is 1. The van der Waals surface area contributed by atoms with Crippen molar-refractivity contribution >= 4 is 0 Å². The van der Waals surface area contributed by atoms with E-state index in [1.165, 1.54) is 0 Å². The summed E-state index contributed by atoms with van der Waals surface area (Å²) in [5.41, 5.74) is 2.05. The first-order valence-electron chi connectivity index (χ1n) is 6.22. The zero-order valence-electron chi connectivity index (χ0n) is 10.1. The van der Waals surface area contributed by atoms with Gasteiger partial charge in [0.2, 0.25) is 0 Å². The van der Waals surface area contributed by atoms with Crippen molar-refractivity contribution < 1.29 is 9.84 Å². The Labute approximate surface area is 106 Å². The number of nitrogens with zero attached hydrogens (tertiary/aromatic N) is 2. The maximum Gasteiger partial charge on any atom is 0.0880 e. The topological polar surface area (TPSA) is 47.3 Å². The molecule has 0 saturated carbocycles. The summed E-state index contributed by atoms with van der Waals surface area (Å²) in [4.78, 5) is 0. The average molecular weight is 244 g/mol. The SMILES string of the molecule is OC1CCOC(c2cnn(-c3ccccc3)c2)C1. The number of hydrogen-bond donors (Lipinski definition) is 1. The van der Waals surface area contributed by atoms with Gasteiger partial charge in [0.15, 0.2) is 0 Å². The number of benzene rings is 1. The van der Waals surface area contributed by atoms with E-state index in [9.17, 15) is 5.11 Å². The fourth-order valence-corrected chi connectivity index (χ4v) is 2.24. The Bertz CT molecular complexity index is 510. The predicted molar refractivity (Wildman–Crippen MR) is 67.5 cm³/mol. The lowest BCUT2D eigenvalue weighted by atomic mass is 10.0. The molecule has 1 aromatic carbocycles. The number of aliphatic hydroxyl groups is 1. The lowest BCUT2D eigenvalue weighted by molar-refractivity contribution is -0.0448. The molecule has 1 saturated heterocycles. The van der Waals surface area contributed by atoms with Crippen molar-refractivity contribution in [3.8, 4) is 5.69 Å². The Balaban J connectivity index is 1.81. The van der Waals surface area contributed by atoms with E-state index >= 15 is 0 Å². The van der Waals surface area contributed by atoms with E-state index in [4.69, 9.17) is 4.74 Å². The van der Waals surface area contributed by atoms with Gasteiger partial charge in [-0.25, -0.2) is 4.68 Å². The Morgan fingerprint density at radius 1 is 1.28 bits per heavy atom. The first-order chi connectivity index (χ1) is 8.83. The van der Waals surface area contributed by atoms with Gasteiger partial charge in [-0.15, -0.1) is 0 Å². The van der Waals surface area contributed by atoms with Crippen LogP contribution in [0.3, 0.4) is 0 Å². The third-order valence-electron chi connectivity index (χ3n) is 3.25. The molecule has 2 heterocycles. The second kappa shape index (κ2) is 4.92. The van der Waals surface area contributed by atoms with Crippen LogP contribution in [0.1, 0.15) is 24.5 Å². The van der Waals surface area contributed by atoms with E-state index in [0.29, 0.717) is 13.0 Å². The van der Waals surface area contributed by atoms with Gasteiger partial charge >= 0.3 is 0 Å². The first kappa shape index (κ1) is 11.4. The maximum atomic E-state index is 9.66. The zero-order chi connectivity index (χ0) is 12.4. The third kappa shape index (κ3) is 2.30. The van der Waals surface area contributed by atoms with Crippen molar-refractivity contribution in [2.45, 2.75) is 25.0 Å². The van der Waals surface area contributed by atoms with Crippen LogP contribution in [0.2, 0.25) is 0 Å². The van der Waals surface area contributed by atoms with E-state index in [1.807, 2.05) is 47.4 Å². The van der Waals surface area contributed by atoms with E-state index in [2.05, 4.69) is 5.10 Å². The molecule has 2 atom stereocenters. The zero-order valence-corrected chi connectivity index (χ0v) is 10.1. The minimum atomic E-state index is -0.260. The molecule has 2 aromatic rings. The largest absolute Gasteiger partial charge is 0.393 e. The number of rotatable bonds is 2. The smallest absolute Gasteiger partial charge is 0.0880 e. The van der Waals surface area contributed by atoms with Gasteiger partial charge in [-0.1, -0.05) is 18.2 Å². The Kier molecular flexibility index (Phi) is 3.13. The molecule has 18 heavy (non-hydrogen) atoms. The minimum Gasteiger partial charge on any atom is -0.393 e. The monoisotopic (exact) mass is 244 g/mol. The number of ether oxygens (including phenoxy) is 1. The van der Waals surface area contributed by atoms with Crippen LogP contribution in [-0.2, 0) is 4.74 Å². The summed E-state index contributed by atoms with van der Waals surface area (Å²) in [6.07, 6.45) is 4.87. The molecule has 0 aliphatic carbocycles. The highest BCUT2D eigenvalue weighted by Crippen LogP contribution is 2.28. The molecule has 0 radical (unpaired) electrons. The Morgan fingerprint density at radius 2 is 2.11 bits per heavy atom. The van der Waals surface area contributed by atoms with Crippen molar-refractivity contribution in [1.29, 1.82) is 0 Å². The van der Waals surface area contributed by atoms with E-state index in [1.54, 1.807) is 0 Å². The maximum absolute atomic E-state index is 9.66. The molecule has 1 N–H and O–H groups in total. The normalized spacial score (nSPS) is 24.1. The van der Waals surface area contributed by atoms with Gasteiger partial charge in [0.1, 0.15) is 0 Å². The fraction of sp³-hybridized carbons (Fsp3) is 0.357. The fourth-order valence-electron chi connectivity index (χ4n) is 2.24. The molecule has 0 amide bonds. The molecule has 4 heteroatoms. The third-order valence-corrected chi connectivity index (χ3v) is 3.25. The summed E-state index contributed by atoms with van der Waals surface area (Å²) in [6, 6.07) is 9.96. The van der Waals surface area contributed by atoms with Crippen molar-refractivity contribution in [2.75, 3.05) is 6.61 Å². The van der Waals surface area contributed by atoms with Gasteiger partial charge in [-0.3, -0.25) is 0 Å². The molecule has 1 fully saturated rings. The van der Waals surface area contributed by atoms with Crippen LogP contribution in [0, 0.1) is 0 Å². The molecule has 3 rings (SSSR count). The lowest BCUT2D eigenvalue weighted by Gasteiger charge is -2.25. The predicted octanol–water partition coefficient (Wildman–Crippen LogP) is 2.08. The van der Waals surface area contributed by atoms with Gasteiger partial charge in [-0.05, 0) is 18.6 Å². The molecule has 0 bridgehead atoms. The van der Waals surface area contributed by atoms with Crippen molar-refractivity contribution in [3.63, 3.8) is 0 Å². The minimum absolute atomic E-state index is 0.0359. The molecule has 0 spiro atoms. The van der Waals surface area contributed by atoms with Crippen LogP contribution in [0.15, 0.2) is 42.7 Å². The number of hydrogen-bond acceptors (Lipinski definition) is 3. The Hall–Kier alpha value is -1.65. The molecule has 94 valence electrons.